The highest BCUT2D eigenvalue weighted by Gasteiger charge is 2.36. The second kappa shape index (κ2) is 3.33. The van der Waals surface area contributed by atoms with Crippen LogP contribution in [0.1, 0.15) is 31.9 Å². The van der Waals surface area contributed by atoms with E-state index in [-0.39, 0.29) is 11.4 Å². The van der Waals surface area contributed by atoms with Crippen molar-refractivity contribution in [1.82, 2.24) is 4.98 Å². The Morgan fingerprint density at radius 3 is 2.93 bits per heavy atom. The smallest absolute Gasteiger partial charge is 0.223 e. The van der Waals surface area contributed by atoms with Crippen molar-refractivity contribution in [3.63, 3.8) is 0 Å². The van der Waals surface area contributed by atoms with Crippen molar-refractivity contribution < 1.29 is 4.79 Å². The van der Waals surface area contributed by atoms with Gasteiger partial charge in [0.2, 0.25) is 5.91 Å². The second-order valence-electron chi connectivity index (χ2n) is 3.73. The first kappa shape index (κ1) is 9.61. The lowest BCUT2D eigenvalue weighted by atomic mass is 9.76. The van der Waals surface area contributed by atoms with Gasteiger partial charge in [0.05, 0.1) is 11.2 Å². The molecule has 0 saturated heterocycles. The molecular formula is C9H13N3OS. The van der Waals surface area contributed by atoms with Gasteiger partial charge in [-0.1, -0.05) is 0 Å². The van der Waals surface area contributed by atoms with Gasteiger partial charge in [0, 0.05) is 12.3 Å². The summed E-state index contributed by atoms with van der Waals surface area (Å²) < 4.78 is 0. The van der Waals surface area contributed by atoms with E-state index in [1.165, 1.54) is 24.7 Å². The van der Waals surface area contributed by atoms with Crippen molar-refractivity contribution in [2.45, 2.75) is 31.7 Å². The predicted molar refractivity (Wildman–Crippen MR) is 56.1 cm³/mol. The number of hydrogen-bond donors (Lipinski definition) is 2. The molecule has 4 nitrogen and oxygen atoms in total. The van der Waals surface area contributed by atoms with Crippen LogP contribution in [0.5, 0.6) is 0 Å². The number of nitrogens with one attached hydrogen (secondary N) is 1. The molecule has 1 aliphatic rings. The predicted octanol–water partition coefficient (Wildman–Crippen LogP) is 1.44. The van der Waals surface area contributed by atoms with Crippen LogP contribution in [0.3, 0.4) is 0 Å². The molecule has 2 rings (SSSR count). The first-order chi connectivity index (χ1) is 6.60. The number of anilines is 1. The standard InChI is InChI=1S/C9H13N3OS/c1-6(13)11-8-12-7(5-14-8)9(10)3-2-4-9/h5H,2-4,10H2,1H3,(H,11,12,13). The van der Waals surface area contributed by atoms with Gasteiger partial charge >= 0.3 is 0 Å². The molecule has 1 aliphatic carbocycles. The van der Waals surface area contributed by atoms with Gasteiger partial charge < -0.3 is 11.1 Å². The number of nitrogens with zero attached hydrogens (tertiary/aromatic N) is 1. The van der Waals surface area contributed by atoms with Crippen LogP contribution in [0.4, 0.5) is 5.13 Å². The summed E-state index contributed by atoms with van der Waals surface area (Å²) in [6.45, 7) is 1.47. The molecule has 1 fully saturated rings. The van der Waals surface area contributed by atoms with E-state index in [0.29, 0.717) is 5.13 Å². The van der Waals surface area contributed by atoms with Crippen molar-refractivity contribution in [2.75, 3.05) is 5.32 Å². The molecule has 3 N–H and O–H groups in total. The lowest BCUT2D eigenvalue weighted by Crippen LogP contribution is -2.43. The Balaban J connectivity index is 2.13. The minimum absolute atomic E-state index is 0.0921. The molecule has 1 amide bonds. The molecule has 0 atom stereocenters. The van der Waals surface area contributed by atoms with Crippen molar-refractivity contribution >= 4 is 22.4 Å². The van der Waals surface area contributed by atoms with Gasteiger partial charge in [-0.2, -0.15) is 0 Å². The molecule has 1 saturated carbocycles. The van der Waals surface area contributed by atoms with Gasteiger partial charge in [0.1, 0.15) is 0 Å². The number of thiazole rings is 1. The van der Waals surface area contributed by atoms with Gasteiger partial charge in [0.25, 0.3) is 0 Å². The van der Waals surface area contributed by atoms with Crippen LogP contribution in [0.15, 0.2) is 5.38 Å². The number of rotatable bonds is 2. The zero-order valence-corrected chi connectivity index (χ0v) is 8.86. The number of hydrogen-bond acceptors (Lipinski definition) is 4. The zero-order valence-electron chi connectivity index (χ0n) is 8.04. The molecule has 0 radical (unpaired) electrons. The van der Waals surface area contributed by atoms with Crippen molar-refractivity contribution in [3.8, 4) is 0 Å². The molecule has 0 bridgehead atoms. The molecule has 0 unspecified atom stereocenters. The molecule has 5 heteroatoms. The van der Waals surface area contributed by atoms with Gasteiger partial charge in [-0.3, -0.25) is 4.79 Å². The summed E-state index contributed by atoms with van der Waals surface area (Å²) in [5, 5.41) is 5.24. The topological polar surface area (TPSA) is 68.0 Å². The molecule has 1 heterocycles. The van der Waals surface area contributed by atoms with Crippen LogP contribution in [0, 0.1) is 0 Å². The monoisotopic (exact) mass is 211 g/mol. The van der Waals surface area contributed by atoms with E-state index in [0.717, 1.165) is 18.5 Å². The molecular weight excluding hydrogens is 198 g/mol. The van der Waals surface area contributed by atoms with E-state index in [1.807, 2.05) is 5.38 Å². The first-order valence-electron chi connectivity index (χ1n) is 4.63. The Morgan fingerprint density at radius 2 is 2.43 bits per heavy atom. The van der Waals surface area contributed by atoms with Crippen LogP contribution in [-0.4, -0.2) is 10.9 Å². The molecule has 76 valence electrons. The first-order valence-corrected chi connectivity index (χ1v) is 5.51. The lowest BCUT2D eigenvalue weighted by Gasteiger charge is -2.36. The molecule has 0 aliphatic heterocycles. The van der Waals surface area contributed by atoms with Gasteiger partial charge in [0.15, 0.2) is 5.13 Å². The fourth-order valence-electron chi connectivity index (χ4n) is 1.52. The molecule has 0 aromatic carbocycles. The molecule has 14 heavy (non-hydrogen) atoms. The van der Waals surface area contributed by atoms with Crippen LogP contribution in [-0.2, 0) is 10.3 Å². The summed E-state index contributed by atoms with van der Waals surface area (Å²) >= 11 is 1.43. The Hall–Kier alpha value is -0.940. The van der Waals surface area contributed by atoms with Gasteiger partial charge in [-0.15, -0.1) is 11.3 Å². The van der Waals surface area contributed by atoms with E-state index in [9.17, 15) is 4.79 Å². The normalized spacial score (nSPS) is 18.7. The summed E-state index contributed by atoms with van der Waals surface area (Å²) in [7, 11) is 0. The number of amides is 1. The minimum Gasteiger partial charge on any atom is -0.320 e. The molecule has 1 aromatic rings. The average Bonchev–Trinajstić information content (AvgIpc) is 2.47. The Bertz CT molecular complexity index is 357. The number of nitrogens with two attached hydrogens (primary N) is 1. The fourth-order valence-corrected chi connectivity index (χ4v) is 2.39. The molecule has 1 aromatic heterocycles. The van der Waals surface area contributed by atoms with Crippen molar-refractivity contribution in [1.29, 1.82) is 0 Å². The summed E-state index contributed by atoms with van der Waals surface area (Å²) in [6, 6.07) is 0. The van der Waals surface area contributed by atoms with E-state index >= 15 is 0 Å². The number of carbonyl (C=O) groups excluding carboxylic acids is 1. The number of aromatic nitrogens is 1. The van der Waals surface area contributed by atoms with E-state index in [2.05, 4.69) is 10.3 Å². The highest BCUT2D eigenvalue weighted by molar-refractivity contribution is 7.13. The summed E-state index contributed by atoms with van der Waals surface area (Å²) in [5.74, 6) is -0.0921. The van der Waals surface area contributed by atoms with Crippen molar-refractivity contribution in [3.05, 3.63) is 11.1 Å². The molecule has 0 spiro atoms. The van der Waals surface area contributed by atoms with Crippen molar-refractivity contribution in [2.24, 2.45) is 5.73 Å². The lowest BCUT2D eigenvalue weighted by molar-refractivity contribution is -0.114. The third-order valence-corrected chi connectivity index (χ3v) is 3.30. The SMILES string of the molecule is CC(=O)Nc1nc(C2(N)CCC2)cs1. The van der Waals surface area contributed by atoms with E-state index in [1.54, 1.807) is 0 Å². The maximum absolute atomic E-state index is 10.8. The number of carbonyl (C=O) groups is 1. The average molecular weight is 211 g/mol. The van der Waals surface area contributed by atoms with Gasteiger partial charge in [-0.25, -0.2) is 4.98 Å². The largest absolute Gasteiger partial charge is 0.320 e. The van der Waals surface area contributed by atoms with Gasteiger partial charge in [-0.05, 0) is 19.3 Å². The summed E-state index contributed by atoms with van der Waals surface area (Å²) in [6.07, 6.45) is 3.16. The third kappa shape index (κ3) is 1.65. The maximum atomic E-state index is 10.8. The highest BCUT2D eigenvalue weighted by atomic mass is 32.1. The minimum atomic E-state index is -0.229. The third-order valence-electron chi connectivity index (χ3n) is 2.54. The van der Waals surface area contributed by atoms with Crippen LogP contribution < -0.4 is 11.1 Å². The quantitative estimate of drug-likeness (QED) is 0.777. The Morgan fingerprint density at radius 1 is 1.71 bits per heavy atom. The highest BCUT2D eigenvalue weighted by Crippen LogP contribution is 2.39. The van der Waals surface area contributed by atoms with Crippen LogP contribution in [0.2, 0.25) is 0 Å². The Labute approximate surface area is 86.5 Å². The maximum Gasteiger partial charge on any atom is 0.223 e. The summed E-state index contributed by atoms with van der Waals surface area (Å²) in [5.41, 5.74) is 6.79. The van der Waals surface area contributed by atoms with Crippen LogP contribution >= 0.6 is 11.3 Å². The summed E-state index contributed by atoms with van der Waals surface area (Å²) in [4.78, 5) is 15.1. The fraction of sp³-hybridized carbons (Fsp3) is 0.556. The van der Waals surface area contributed by atoms with E-state index in [4.69, 9.17) is 5.73 Å². The van der Waals surface area contributed by atoms with E-state index < -0.39 is 0 Å². The Kier molecular flexibility index (Phi) is 2.28. The zero-order chi connectivity index (χ0) is 10.2. The second-order valence-corrected chi connectivity index (χ2v) is 4.59. The van der Waals surface area contributed by atoms with Crippen LogP contribution in [0.25, 0.3) is 0 Å².